The van der Waals surface area contributed by atoms with Crippen molar-refractivity contribution in [2.24, 2.45) is 0 Å². The monoisotopic (exact) mass is 352 g/mol. The lowest BCUT2D eigenvalue weighted by molar-refractivity contribution is 0.159. The van der Waals surface area contributed by atoms with E-state index in [1.165, 1.54) is 6.07 Å². The molecule has 1 fully saturated rings. The topological polar surface area (TPSA) is 79.3 Å². The van der Waals surface area contributed by atoms with E-state index < -0.39 is 22.2 Å². The van der Waals surface area contributed by atoms with Crippen molar-refractivity contribution in [3.05, 3.63) is 47.7 Å². The molecule has 122 valence electrons. The number of aliphatic hydroxyl groups excluding tert-OH is 1. The molecule has 1 aliphatic carbocycles. The van der Waals surface area contributed by atoms with Gasteiger partial charge in [-0.25, -0.2) is 13.1 Å². The fourth-order valence-corrected chi connectivity index (χ4v) is 4.75. The lowest BCUT2D eigenvalue weighted by Crippen LogP contribution is -2.39. The first-order chi connectivity index (χ1) is 11.0. The fourth-order valence-electron chi connectivity index (χ4n) is 2.86. The number of hydrogen-bond donors (Lipinski definition) is 2. The molecule has 1 heterocycles. The van der Waals surface area contributed by atoms with E-state index in [0.29, 0.717) is 29.0 Å². The van der Waals surface area contributed by atoms with Crippen molar-refractivity contribution in [2.45, 2.75) is 36.3 Å². The summed E-state index contributed by atoms with van der Waals surface area (Å²) in [6.45, 7) is 0. The normalized spacial score (nSPS) is 21.5. The zero-order valence-corrected chi connectivity index (χ0v) is 13.9. The van der Waals surface area contributed by atoms with Gasteiger partial charge < -0.3 is 5.11 Å². The van der Waals surface area contributed by atoms with Crippen LogP contribution in [0.5, 0.6) is 0 Å². The molecule has 2 atom stereocenters. The SMILES string of the molecule is O=S(=O)(N[C@@H]1CCC[C@@H]1O)c1cccc(Cl)c1-c1cccnc1. The number of pyridine rings is 1. The maximum atomic E-state index is 12.8. The maximum Gasteiger partial charge on any atom is 0.241 e. The van der Waals surface area contributed by atoms with E-state index in [1.54, 1.807) is 36.7 Å². The first-order valence-electron chi connectivity index (χ1n) is 7.38. The highest BCUT2D eigenvalue weighted by atomic mass is 35.5. The van der Waals surface area contributed by atoms with Gasteiger partial charge in [0.15, 0.2) is 0 Å². The molecular weight excluding hydrogens is 336 g/mol. The first kappa shape index (κ1) is 16.4. The molecule has 2 N–H and O–H groups in total. The standard InChI is InChI=1S/C16H17ClN2O3S/c17-12-5-1-8-15(16(12)11-4-3-9-18-10-11)23(21,22)19-13-6-2-7-14(13)20/h1,3-5,8-10,13-14,19-20H,2,6-7H2/t13-,14+/m1/s1. The van der Waals surface area contributed by atoms with Gasteiger partial charge in [0.05, 0.1) is 11.0 Å². The van der Waals surface area contributed by atoms with E-state index in [-0.39, 0.29) is 4.90 Å². The third-order valence-corrected chi connectivity index (χ3v) is 5.85. The second-order valence-corrected chi connectivity index (χ2v) is 7.67. The second-order valence-electron chi connectivity index (χ2n) is 5.58. The third-order valence-electron chi connectivity index (χ3n) is 4.00. The lowest BCUT2D eigenvalue weighted by Gasteiger charge is -2.18. The fraction of sp³-hybridized carbons (Fsp3) is 0.312. The van der Waals surface area contributed by atoms with Crippen LogP contribution in [-0.2, 0) is 10.0 Å². The van der Waals surface area contributed by atoms with Crippen molar-refractivity contribution in [1.82, 2.24) is 9.71 Å². The van der Waals surface area contributed by atoms with Gasteiger partial charge in [-0.2, -0.15) is 0 Å². The summed E-state index contributed by atoms with van der Waals surface area (Å²) in [6.07, 6.45) is 4.58. The number of halogens is 1. The van der Waals surface area contributed by atoms with E-state index in [4.69, 9.17) is 11.6 Å². The average molecular weight is 353 g/mol. The van der Waals surface area contributed by atoms with Gasteiger partial charge in [0.25, 0.3) is 0 Å². The molecule has 0 saturated heterocycles. The quantitative estimate of drug-likeness (QED) is 0.886. The van der Waals surface area contributed by atoms with Crippen LogP contribution in [0.1, 0.15) is 19.3 Å². The number of nitrogens with zero attached hydrogens (tertiary/aromatic N) is 1. The summed E-state index contributed by atoms with van der Waals surface area (Å²) in [4.78, 5) is 4.12. The van der Waals surface area contributed by atoms with Crippen LogP contribution >= 0.6 is 11.6 Å². The van der Waals surface area contributed by atoms with Gasteiger partial charge in [-0.3, -0.25) is 4.98 Å². The summed E-state index contributed by atoms with van der Waals surface area (Å²) in [7, 11) is -3.80. The summed E-state index contributed by atoms with van der Waals surface area (Å²) in [5.41, 5.74) is 1.05. The van der Waals surface area contributed by atoms with E-state index in [1.807, 2.05) is 0 Å². The molecule has 7 heteroatoms. The Balaban J connectivity index is 2.04. The minimum atomic E-state index is -3.80. The van der Waals surface area contributed by atoms with Crippen LogP contribution in [0.15, 0.2) is 47.6 Å². The molecule has 0 unspecified atom stereocenters. The smallest absolute Gasteiger partial charge is 0.241 e. The van der Waals surface area contributed by atoms with Gasteiger partial charge in [-0.15, -0.1) is 0 Å². The zero-order chi connectivity index (χ0) is 16.4. The highest BCUT2D eigenvalue weighted by Crippen LogP contribution is 2.34. The molecule has 2 aromatic rings. The highest BCUT2D eigenvalue weighted by molar-refractivity contribution is 7.89. The minimum absolute atomic E-state index is 0.0945. The molecule has 0 bridgehead atoms. The number of aliphatic hydroxyl groups is 1. The van der Waals surface area contributed by atoms with Crippen molar-refractivity contribution >= 4 is 21.6 Å². The van der Waals surface area contributed by atoms with Gasteiger partial charge in [0.2, 0.25) is 10.0 Å². The predicted molar refractivity (Wildman–Crippen MR) is 88.7 cm³/mol. The van der Waals surface area contributed by atoms with Crippen molar-refractivity contribution in [3.63, 3.8) is 0 Å². The Bertz CT molecular complexity index is 796. The molecule has 0 radical (unpaired) electrons. The summed E-state index contributed by atoms with van der Waals surface area (Å²) < 4.78 is 28.2. The van der Waals surface area contributed by atoms with Crippen LogP contribution in [0.25, 0.3) is 11.1 Å². The Hall–Kier alpha value is -1.47. The van der Waals surface area contributed by atoms with Gasteiger partial charge in [-0.1, -0.05) is 23.7 Å². The van der Waals surface area contributed by atoms with E-state index in [9.17, 15) is 13.5 Å². The minimum Gasteiger partial charge on any atom is -0.391 e. The molecule has 0 spiro atoms. The summed E-state index contributed by atoms with van der Waals surface area (Å²) in [5, 5.41) is 10.2. The summed E-state index contributed by atoms with van der Waals surface area (Å²) >= 11 is 6.25. The molecule has 0 amide bonds. The Morgan fingerprint density at radius 3 is 2.70 bits per heavy atom. The van der Waals surface area contributed by atoms with Crippen LogP contribution in [0.3, 0.4) is 0 Å². The van der Waals surface area contributed by atoms with Crippen LogP contribution in [0, 0.1) is 0 Å². The largest absolute Gasteiger partial charge is 0.391 e. The van der Waals surface area contributed by atoms with Gasteiger partial charge in [0.1, 0.15) is 0 Å². The van der Waals surface area contributed by atoms with E-state index >= 15 is 0 Å². The molecule has 1 aromatic carbocycles. The molecule has 0 aliphatic heterocycles. The molecule has 3 rings (SSSR count). The summed E-state index contributed by atoms with van der Waals surface area (Å²) in [5.74, 6) is 0. The Morgan fingerprint density at radius 1 is 1.22 bits per heavy atom. The van der Waals surface area contributed by atoms with Gasteiger partial charge >= 0.3 is 0 Å². The Morgan fingerprint density at radius 2 is 2.04 bits per heavy atom. The number of aromatic nitrogens is 1. The van der Waals surface area contributed by atoms with Crippen molar-refractivity contribution in [1.29, 1.82) is 0 Å². The lowest BCUT2D eigenvalue weighted by atomic mass is 10.1. The number of hydrogen-bond acceptors (Lipinski definition) is 4. The third kappa shape index (κ3) is 3.40. The first-order valence-corrected chi connectivity index (χ1v) is 9.24. The molecular formula is C16H17ClN2O3S. The molecule has 1 aliphatic rings. The van der Waals surface area contributed by atoms with Crippen LogP contribution in [-0.4, -0.2) is 30.7 Å². The molecule has 23 heavy (non-hydrogen) atoms. The van der Waals surface area contributed by atoms with Crippen LogP contribution in [0.4, 0.5) is 0 Å². The predicted octanol–water partition coefficient (Wildman–Crippen LogP) is 2.59. The van der Waals surface area contributed by atoms with E-state index in [0.717, 1.165) is 6.42 Å². The summed E-state index contributed by atoms with van der Waals surface area (Å²) in [6, 6.07) is 7.79. The van der Waals surface area contributed by atoms with Crippen LogP contribution < -0.4 is 4.72 Å². The van der Waals surface area contributed by atoms with E-state index in [2.05, 4.69) is 9.71 Å². The Labute approximate surface area is 140 Å². The second kappa shape index (κ2) is 6.57. The van der Waals surface area contributed by atoms with Crippen molar-refractivity contribution < 1.29 is 13.5 Å². The number of benzene rings is 1. The number of rotatable bonds is 4. The average Bonchev–Trinajstić information content (AvgIpc) is 2.92. The van der Waals surface area contributed by atoms with Gasteiger partial charge in [0, 0.05) is 34.6 Å². The number of nitrogens with one attached hydrogen (secondary N) is 1. The molecule has 5 nitrogen and oxygen atoms in total. The zero-order valence-electron chi connectivity index (χ0n) is 12.3. The Kier molecular flexibility index (Phi) is 4.68. The van der Waals surface area contributed by atoms with Crippen molar-refractivity contribution in [3.8, 4) is 11.1 Å². The molecule has 1 aromatic heterocycles. The highest BCUT2D eigenvalue weighted by Gasteiger charge is 2.31. The maximum absolute atomic E-state index is 12.8. The van der Waals surface area contributed by atoms with Gasteiger partial charge in [-0.05, 0) is 37.5 Å². The molecule has 1 saturated carbocycles. The van der Waals surface area contributed by atoms with Crippen LogP contribution in [0.2, 0.25) is 5.02 Å². The van der Waals surface area contributed by atoms with Crippen molar-refractivity contribution in [2.75, 3.05) is 0 Å². The number of sulfonamides is 1.